The molecule has 0 N–H and O–H groups in total. The van der Waals surface area contributed by atoms with Crippen molar-refractivity contribution in [2.75, 3.05) is 7.11 Å². The van der Waals surface area contributed by atoms with Crippen molar-refractivity contribution in [3.8, 4) is 11.5 Å². The second kappa shape index (κ2) is 4.42. The maximum atomic E-state index is 12.0. The fraction of sp³-hybridized carbons (Fsp3) is 0.375. The molecule has 0 bridgehead atoms. The number of pyridine rings is 1. The molecule has 3 nitrogen and oxygen atoms in total. The quantitative estimate of drug-likeness (QED) is 0.616. The number of ether oxygens (including phenoxy) is 2. The Morgan fingerprint density at radius 2 is 2.00 bits per heavy atom. The Morgan fingerprint density at radius 3 is 2.47 bits per heavy atom. The molecule has 0 aromatic carbocycles. The lowest BCUT2D eigenvalue weighted by molar-refractivity contribution is -0.275. The number of methoxy groups -OCH3 is 1. The average Bonchev–Trinajstić information content (AvgIpc) is 1.99. The van der Waals surface area contributed by atoms with Crippen molar-refractivity contribution in [2.24, 2.45) is 0 Å². The Morgan fingerprint density at radius 1 is 1.40 bits per heavy atom. The molecule has 0 spiro atoms. The van der Waals surface area contributed by atoms with Gasteiger partial charge in [-0.05, 0) is 29.5 Å². The van der Waals surface area contributed by atoms with E-state index in [2.05, 4.69) is 9.72 Å². The molecule has 1 aromatic rings. The Labute approximate surface area is 97.7 Å². The number of alkyl halides is 3. The number of nitrogens with zero attached hydrogens (tertiary/aromatic N) is 1. The molecule has 1 rings (SSSR count). The summed E-state index contributed by atoms with van der Waals surface area (Å²) in [5.74, 6) is -0.388. The van der Waals surface area contributed by atoms with Crippen LogP contribution in [-0.2, 0) is 0 Å². The molecule has 0 radical (unpaired) electrons. The van der Waals surface area contributed by atoms with Gasteiger partial charge in [0, 0.05) is 11.8 Å². The van der Waals surface area contributed by atoms with Gasteiger partial charge in [0.05, 0.1) is 7.11 Å². The second-order valence-corrected chi connectivity index (χ2v) is 3.66. The molecular formula is C8H7F3INO2. The van der Waals surface area contributed by atoms with E-state index in [1.807, 2.05) is 0 Å². The highest BCUT2D eigenvalue weighted by Gasteiger charge is 2.33. The summed E-state index contributed by atoms with van der Waals surface area (Å²) in [5, 5.41) is 0. The molecule has 0 saturated heterocycles. The summed E-state index contributed by atoms with van der Waals surface area (Å²) in [6.45, 7) is 1.57. The van der Waals surface area contributed by atoms with Gasteiger partial charge >= 0.3 is 6.36 Å². The van der Waals surface area contributed by atoms with Crippen molar-refractivity contribution in [1.29, 1.82) is 0 Å². The first-order chi connectivity index (χ1) is 6.83. The van der Waals surface area contributed by atoms with E-state index in [0.29, 0.717) is 9.39 Å². The lowest BCUT2D eigenvalue weighted by Gasteiger charge is -2.13. The third-order valence-electron chi connectivity index (χ3n) is 1.46. The Hall–Kier alpha value is -0.730. The summed E-state index contributed by atoms with van der Waals surface area (Å²) in [4.78, 5) is 3.95. The maximum absolute atomic E-state index is 12.0. The summed E-state index contributed by atoms with van der Waals surface area (Å²) in [6, 6.07) is 1.18. The van der Waals surface area contributed by atoms with Crippen LogP contribution in [0.15, 0.2) is 6.07 Å². The van der Waals surface area contributed by atoms with Gasteiger partial charge < -0.3 is 9.47 Å². The smallest absolute Gasteiger partial charge is 0.490 e. The van der Waals surface area contributed by atoms with Crippen LogP contribution in [0.1, 0.15) is 5.69 Å². The number of hydrogen-bond donors (Lipinski definition) is 0. The van der Waals surface area contributed by atoms with E-state index in [0.717, 1.165) is 0 Å². The van der Waals surface area contributed by atoms with Crippen LogP contribution < -0.4 is 9.47 Å². The van der Waals surface area contributed by atoms with Gasteiger partial charge in [0.1, 0.15) is 3.70 Å². The van der Waals surface area contributed by atoms with Gasteiger partial charge in [-0.2, -0.15) is 0 Å². The molecule has 0 amide bonds. The number of aryl methyl sites for hydroxylation is 1. The zero-order valence-corrected chi connectivity index (χ0v) is 10.0. The SMILES string of the molecule is COc1c(OC(F)(F)F)cc(C)nc1I. The predicted molar refractivity (Wildman–Crippen MR) is 54.9 cm³/mol. The molecule has 7 heteroatoms. The monoisotopic (exact) mass is 333 g/mol. The summed E-state index contributed by atoms with van der Waals surface area (Å²) >= 11 is 1.78. The predicted octanol–water partition coefficient (Wildman–Crippen LogP) is 2.90. The molecule has 0 unspecified atom stereocenters. The van der Waals surface area contributed by atoms with E-state index >= 15 is 0 Å². The van der Waals surface area contributed by atoms with Crippen LogP contribution in [0.5, 0.6) is 11.5 Å². The number of hydrogen-bond acceptors (Lipinski definition) is 3. The molecule has 0 atom stereocenters. The Balaban J connectivity index is 3.15. The number of rotatable bonds is 2. The van der Waals surface area contributed by atoms with E-state index in [1.165, 1.54) is 13.2 Å². The zero-order valence-electron chi connectivity index (χ0n) is 7.85. The fourth-order valence-corrected chi connectivity index (χ4v) is 1.85. The van der Waals surface area contributed by atoms with Crippen LogP contribution in [0.4, 0.5) is 13.2 Å². The molecule has 0 aliphatic heterocycles. The summed E-state index contributed by atoms with van der Waals surface area (Å²) in [5.41, 5.74) is 0.430. The average molecular weight is 333 g/mol. The van der Waals surface area contributed by atoms with Crippen molar-refractivity contribution in [1.82, 2.24) is 4.98 Å². The highest BCUT2D eigenvalue weighted by molar-refractivity contribution is 14.1. The van der Waals surface area contributed by atoms with Gasteiger partial charge in [0.25, 0.3) is 0 Å². The first-order valence-electron chi connectivity index (χ1n) is 3.80. The minimum Gasteiger partial charge on any atom is -0.490 e. The van der Waals surface area contributed by atoms with Gasteiger partial charge in [-0.3, -0.25) is 0 Å². The van der Waals surface area contributed by atoms with E-state index in [9.17, 15) is 13.2 Å². The number of halogens is 4. The van der Waals surface area contributed by atoms with Gasteiger partial charge in [0.15, 0.2) is 11.5 Å². The molecule has 1 heterocycles. The van der Waals surface area contributed by atoms with Gasteiger partial charge in [-0.25, -0.2) is 4.98 Å². The second-order valence-electron chi connectivity index (χ2n) is 2.63. The van der Waals surface area contributed by atoms with Crippen LogP contribution in [0.3, 0.4) is 0 Å². The van der Waals surface area contributed by atoms with Crippen molar-refractivity contribution in [2.45, 2.75) is 13.3 Å². The first kappa shape index (κ1) is 12.3. The van der Waals surface area contributed by atoms with Crippen molar-refractivity contribution in [3.63, 3.8) is 0 Å². The third-order valence-corrected chi connectivity index (χ3v) is 2.19. The molecule has 1 aromatic heterocycles. The summed E-state index contributed by atoms with van der Waals surface area (Å²) < 4.78 is 45.0. The largest absolute Gasteiger partial charge is 0.573 e. The minimum atomic E-state index is -4.73. The maximum Gasteiger partial charge on any atom is 0.573 e. The van der Waals surface area contributed by atoms with Gasteiger partial charge in [0.2, 0.25) is 0 Å². The van der Waals surface area contributed by atoms with Crippen molar-refractivity contribution in [3.05, 3.63) is 15.5 Å². The van der Waals surface area contributed by atoms with Crippen LogP contribution >= 0.6 is 22.6 Å². The van der Waals surface area contributed by atoms with Crippen LogP contribution in [0.2, 0.25) is 0 Å². The molecule has 0 aliphatic carbocycles. The van der Waals surface area contributed by atoms with Gasteiger partial charge in [-0.15, -0.1) is 13.2 Å². The van der Waals surface area contributed by atoms with Gasteiger partial charge in [-0.1, -0.05) is 0 Å². The Bertz CT molecular complexity index is 368. The summed E-state index contributed by atoms with van der Waals surface area (Å²) in [7, 11) is 1.26. The zero-order chi connectivity index (χ0) is 11.6. The molecule has 0 aliphatic rings. The molecule has 15 heavy (non-hydrogen) atoms. The molecule has 0 fully saturated rings. The normalized spacial score (nSPS) is 11.3. The minimum absolute atomic E-state index is 0.0153. The van der Waals surface area contributed by atoms with E-state index in [-0.39, 0.29) is 11.5 Å². The van der Waals surface area contributed by atoms with Crippen LogP contribution in [-0.4, -0.2) is 18.5 Å². The Kier molecular flexibility index (Phi) is 3.63. The summed E-state index contributed by atoms with van der Waals surface area (Å²) in [6.07, 6.45) is -4.73. The molecule has 0 saturated carbocycles. The van der Waals surface area contributed by atoms with E-state index in [1.54, 1.807) is 29.5 Å². The molecule has 84 valence electrons. The van der Waals surface area contributed by atoms with Crippen molar-refractivity contribution >= 4 is 22.6 Å². The topological polar surface area (TPSA) is 31.4 Å². The first-order valence-corrected chi connectivity index (χ1v) is 4.88. The molecular weight excluding hydrogens is 326 g/mol. The van der Waals surface area contributed by atoms with Crippen molar-refractivity contribution < 1.29 is 22.6 Å². The lowest BCUT2D eigenvalue weighted by Crippen LogP contribution is -2.18. The van der Waals surface area contributed by atoms with Crippen LogP contribution in [0.25, 0.3) is 0 Å². The van der Waals surface area contributed by atoms with E-state index in [4.69, 9.17) is 4.74 Å². The lowest BCUT2D eigenvalue weighted by atomic mass is 10.3. The fourth-order valence-electron chi connectivity index (χ4n) is 0.980. The standard InChI is InChI=1S/C8H7F3INO2/c1-4-3-5(15-8(9,10)11)6(14-2)7(12)13-4/h3H,1-2H3. The van der Waals surface area contributed by atoms with Crippen LogP contribution in [0, 0.1) is 10.6 Å². The highest BCUT2D eigenvalue weighted by atomic mass is 127. The highest BCUT2D eigenvalue weighted by Crippen LogP contribution is 2.35. The number of aromatic nitrogens is 1. The van der Waals surface area contributed by atoms with E-state index < -0.39 is 6.36 Å². The third kappa shape index (κ3) is 3.40.